The summed E-state index contributed by atoms with van der Waals surface area (Å²) in [4.78, 5) is 2.61. The lowest BCUT2D eigenvalue weighted by atomic mass is 10.2. The lowest BCUT2D eigenvalue weighted by Crippen LogP contribution is -2.27. The summed E-state index contributed by atoms with van der Waals surface area (Å²) in [5.74, 6) is 0. The first-order chi connectivity index (χ1) is 6.35. The molecule has 1 nitrogen and oxygen atoms in total. The van der Waals surface area contributed by atoms with E-state index in [0.29, 0.717) is 0 Å². The molecular weight excluding hydrogens is 306 g/mol. The van der Waals surface area contributed by atoms with Crippen LogP contribution < -0.4 is 0 Å². The van der Waals surface area contributed by atoms with Gasteiger partial charge in [0.1, 0.15) is 0 Å². The first-order valence-corrected chi connectivity index (χ1v) is 6.75. The summed E-state index contributed by atoms with van der Waals surface area (Å²) < 4.78 is 0. The van der Waals surface area contributed by atoms with Crippen molar-refractivity contribution in [3.8, 4) is 0 Å². The Balaban J connectivity index is 0. The van der Waals surface area contributed by atoms with Crippen LogP contribution in [0, 0.1) is 0 Å². The number of rotatable bonds is 9. The van der Waals surface area contributed by atoms with Gasteiger partial charge < -0.3 is 4.90 Å². The molecule has 0 spiro atoms. The summed E-state index contributed by atoms with van der Waals surface area (Å²) in [5.41, 5.74) is 0. The zero-order valence-corrected chi connectivity index (χ0v) is 12.9. The van der Waals surface area contributed by atoms with Crippen molar-refractivity contribution in [3.63, 3.8) is 0 Å². The Kier molecular flexibility index (Phi) is 17.2. The van der Waals surface area contributed by atoms with Gasteiger partial charge in [-0.3, -0.25) is 0 Å². The van der Waals surface area contributed by atoms with E-state index in [9.17, 15) is 0 Å². The quantitative estimate of drug-likeness (QED) is 0.571. The predicted octanol–water partition coefficient (Wildman–Crippen LogP) is 4.25. The summed E-state index contributed by atoms with van der Waals surface area (Å²) in [6.45, 7) is 8.39. The van der Waals surface area contributed by atoms with Crippen LogP contribution in [0.4, 0.5) is 0 Å². The predicted molar refractivity (Wildman–Crippen MR) is 75.0 cm³/mol. The van der Waals surface area contributed by atoms with Gasteiger partial charge in [0.2, 0.25) is 0 Å². The van der Waals surface area contributed by atoms with E-state index < -0.39 is 0 Å². The third kappa shape index (κ3) is 11.0. The van der Waals surface area contributed by atoms with Crippen LogP contribution >= 0.6 is 32.9 Å². The minimum Gasteiger partial charge on any atom is -0.303 e. The molecule has 0 N–H and O–H groups in total. The number of hydrogen-bond acceptors (Lipinski definition) is 1. The third-order valence-electron chi connectivity index (χ3n) is 2.26. The largest absolute Gasteiger partial charge is 0.303 e. The molecular formula is C11H25Br2N. The highest BCUT2D eigenvalue weighted by molar-refractivity contribution is 9.09. The summed E-state index contributed by atoms with van der Waals surface area (Å²) in [7, 11) is 0. The van der Waals surface area contributed by atoms with E-state index in [4.69, 9.17) is 0 Å². The molecule has 0 amide bonds. The van der Waals surface area contributed by atoms with Gasteiger partial charge >= 0.3 is 0 Å². The zero-order valence-electron chi connectivity index (χ0n) is 9.60. The first-order valence-electron chi connectivity index (χ1n) is 5.63. The average Bonchev–Trinajstić information content (AvgIpc) is 2.17. The summed E-state index contributed by atoms with van der Waals surface area (Å²) >= 11 is 3.49. The van der Waals surface area contributed by atoms with E-state index >= 15 is 0 Å². The second-order valence-corrected chi connectivity index (χ2v) is 4.38. The van der Waals surface area contributed by atoms with Gasteiger partial charge in [-0.1, -0.05) is 42.6 Å². The van der Waals surface area contributed by atoms with Crippen molar-refractivity contribution in [2.75, 3.05) is 25.0 Å². The van der Waals surface area contributed by atoms with Crippen molar-refractivity contribution < 1.29 is 0 Å². The number of alkyl halides is 1. The molecule has 0 aliphatic carbocycles. The smallest absolute Gasteiger partial charge is 0.00434 e. The molecule has 14 heavy (non-hydrogen) atoms. The second kappa shape index (κ2) is 13.9. The SMILES string of the molecule is Br.CCCCN(CCCC)CCCBr. The van der Waals surface area contributed by atoms with Gasteiger partial charge in [0.15, 0.2) is 0 Å². The first kappa shape index (κ1) is 17.3. The van der Waals surface area contributed by atoms with Gasteiger partial charge in [-0.2, -0.15) is 0 Å². The van der Waals surface area contributed by atoms with Crippen LogP contribution in [0.2, 0.25) is 0 Å². The molecule has 0 radical (unpaired) electrons. The molecule has 0 atom stereocenters. The highest BCUT2D eigenvalue weighted by Gasteiger charge is 2.02. The lowest BCUT2D eigenvalue weighted by molar-refractivity contribution is 0.267. The second-order valence-electron chi connectivity index (χ2n) is 3.59. The molecule has 3 heteroatoms. The van der Waals surface area contributed by atoms with Crippen molar-refractivity contribution in [3.05, 3.63) is 0 Å². The van der Waals surface area contributed by atoms with Crippen molar-refractivity contribution in [1.29, 1.82) is 0 Å². The topological polar surface area (TPSA) is 3.24 Å². The fraction of sp³-hybridized carbons (Fsp3) is 1.00. The van der Waals surface area contributed by atoms with Crippen LogP contribution in [-0.4, -0.2) is 29.9 Å². The molecule has 88 valence electrons. The maximum atomic E-state index is 3.49. The number of unbranched alkanes of at least 4 members (excludes halogenated alkanes) is 2. The highest BCUT2D eigenvalue weighted by atomic mass is 79.9. The molecule has 0 saturated carbocycles. The van der Waals surface area contributed by atoms with E-state index in [2.05, 4.69) is 34.7 Å². The summed E-state index contributed by atoms with van der Waals surface area (Å²) in [5, 5.41) is 1.14. The molecule has 0 heterocycles. The Bertz CT molecular complexity index is 80.3. The van der Waals surface area contributed by atoms with E-state index in [0.717, 1.165) is 5.33 Å². The Labute approximate surface area is 109 Å². The molecule has 0 aromatic rings. The average molecular weight is 331 g/mol. The molecule has 0 aromatic carbocycles. The normalized spacial score (nSPS) is 10.3. The van der Waals surface area contributed by atoms with Crippen LogP contribution in [0.15, 0.2) is 0 Å². The molecule has 0 rings (SSSR count). The molecule has 0 bridgehead atoms. The highest BCUT2D eigenvalue weighted by Crippen LogP contribution is 2.01. The van der Waals surface area contributed by atoms with Gasteiger partial charge in [0.25, 0.3) is 0 Å². The minimum atomic E-state index is 0. The van der Waals surface area contributed by atoms with Crippen molar-refractivity contribution in [2.24, 2.45) is 0 Å². The summed E-state index contributed by atoms with van der Waals surface area (Å²) in [6.07, 6.45) is 6.62. The molecule has 0 aliphatic rings. The van der Waals surface area contributed by atoms with Crippen LogP contribution in [0.5, 0.6) is 0 Å². The van der Waals surface area contributed by atoms with Crippen molar-refractivity contribution in [1.82, 2.24) is 4.90 Å². The Morgan fingerprint density at radius 2 is 1.29 bits per heavy atom. The van der Waals surface area contributed by atoms with E-state index in [1.54, 1.807) is 0 Å². The van der Waals surface area contributed by atoms with Gasteiger partial charge in [-0.05, 0) is 38.9 Å². The monoisotopic (exact) mass is 329 g/mol. The molecule has 0 unspecified atom stereocenters. The van der Waals surface area contributed by atoms with Crippen LogP contribution in [0.25, 0.3) is 0 Å². The van der Waals surface area contributed by atoms with Crippen molar-refractivity contribution in [2.45, 2.75) is 46.0 Å². The molecule has 0 aromatic heterocycles. The molecule has 0 aliphatic heterocycles. The number of nitrogens with zero attached hydrogens (tertiary/aromatic N) is 1. The Hall–Kier alpha value is 0.920. The fourth-order valence-electron chi connectivity index (χ4n) is 1.38. The number of halogens is 2. The van der Waals surface area contributed by atoms with Gasteiger partial charge in [0, 0.05) is 5.33 Å². The summed E-state index contributed by atoms with van der Waals surface area (Å²) in [6, 6.07) is 0. The van der Waals surface area contributed by atoms with E-state index in [-0.39, 0.29) is 17.0 Å². The maximum Gasteiger partial charge on any atom is 0.00434 e. The van der Waals surface area contributed by atoms with Gasteiger partial charge in [-0.25, -0.2) is 0 Å². The standard InChI is InChI=1S/C11H24BrN.BrH/c1-3-5-9-13(10-6-4-2)11-7-8-12;/h3-11H2,1-2H3;1H. The van der Waals surface area contributed by atoms with E-state index in [1.807, 2.05) is 0 Å². The fourth-order valence-corrected chi connectivity index (χ4v) is 1.63. The molecule has 0 fully saturated rings. The number of hydrogen-bond donors (Lipinski definition) is 0. The van der Waals surface area contributed by atoms with Gasteiger partial charge in [-0.15, -0.1) is 17.0 Å². The maximum absolute atomic E-state index is 3.49. The van der Waals surface area contributed by atoms with Crippen molar-refractivity contribution >= 4 is 32.9 Å². The Morgan fingerprint density at radius 1 is 0.857 bits per heavy atom. The zero-order chi connectivity index (χ0) is 9.94. The minimum absolute atomic E-state index is 0. The molecule has 0 saturated heterocycles. The third-order valence-corrected chi connectivity index (χ3v) is 2.82. The van der Waals surface area contributed by atoms with Crippen LogP contribution in [-0.2, 0) is 0 Å². The van der Waals surface area contributed by atoms with Crippen LogP contribution in [0.3, 0.4) is 0 Å². The van der Waals surface area contributed by atoms with Crippen LogP contribution in [0.1, 0.15) is 46.0 Å². The Morgan fingerprint density at radius 3 is 1.64 bits per heavy atom. The van der Waals surface area contributed by atoms with E-state index in [1.165, 1.54) is 51.7 Å². The van der Waals surface area contributed by atoms with Gasteiger partial charge in [0.05, 0.1) is 0 Å². The lowest BCUT2D eigenvalue weighted by Gasteiger charge is -2.21.